The molecule has 2 nitrogen and oxygen atoms in total. The van der Waals surface area contributed by atoms with Gasteiger partial charge in [0, 0.05) is 11.6 Å². The minimum atomic E-state index is 0.339. The molecule has 2 unspecified atom stereocenters. The highest BCUT2D eigenvalue weighted by molar-refractivity contribution is 9.10. The fraction of sp³-hybridized carbons (Fsp3) is 0.600. The first-order chi connectivity index (χ1) is 8.61. The van der Waals surface area contributed by atoms with E-state index in [2.05, 4.69) is 47.2 Å². The third kappa shape index (κ3) is 3.07. The second-order valence-corrected chi connectivity index (χ2v) is 6.10. The molecule has 3 heteroatoms. The summed E-state index contributed by atoms with van der Waals surface area (Å²) in [5.74, 6) is 0. The van der Waals surface area contributed by atoms with E-state index in [0.717, 1.165) is 10.9 Å². The van der Waals surface area contributed by atoms with Gasteiger partial charge in [-0.05, 0) is 59.8 Å². The molecule has 2 rings (SSSR count). The molecule has 0 aliphatic heterocycles. The van der Waals surface area contributed by atoms with Crippen LogP contribution in [0.3, 0.4) is 0 Å². The second kappa shape index (κ2) is 6.07. The summed E-state index contributed by atoms with van der Waals surface area (Å²) in [7, 11) is 1.82. The van der Waals surface area contributed by atoms with Gasteiger partial charge in [0.25, 0.3) is 0 Å². The van der Waals surface area contributed by atoms with Gasteiger partial charge in [0.1, 0.15) is 0 Å². The van der Waals surface area contributed by atoms with Crippen molar-refractivity contribution in [2.45, 2.75) is 51.7 Å². The van der Waals surface area contributed by atoms with Crippen LogP contribution in [-0.4, -0.2) is 19.3 Å². The highest BCUT2D eigenvalue weighted by Crippen LogP contribution is 2.31. The van der Waals surface area contributed by atoms with Crippen LogP contribution in [0.5, 0.6) is 0 Å². The maximum atomic E-state index is 5.60. The lowest BCUT2D eigenvalue weighted by molar-refractivity contribution is 0.0606. The molecule has 2 atom stereocenters. The van der Waals surface area contributed by atoms with E-state index in [0.29, 0.717) is 12.1 Å². The molecule has 1 aliphatic rings. The Morgan fingerprint density at radius 1 is 1.22 bits per heavy atom. The zero-order valence-electron chi connectivity index (χ0n) is 11.4. The Morgan fingerprint density at radius 2 is 1.94 bits per heavy atom. The fourth-order valence-corrected chi connectivity index (χ4v) is 3.62. The average Bonchev–Trinajstić information content (AvgIpc) is 2.34. The number of hydrogen-bond acceptors (Lipinski definition) is 2. The third-order valence-corrected chi connectivity index (χ3v) is 4.39. The Labute approximate surface area is 118 Å². The summed E-state index contributed by atoms with van der Waals surface area (Å²) in [4.78, 5) is 0. The van der Waals surface area contributed by atoms with Crippen LogP contribution in [0.1, 0.15) is 36.8 Å². The van der Waals surface area contributed by atoms with Gasteiger partial charge in [0.05, 0.1) is 17.8 Å². The van der Waals surface area contributed by atoms with Crippen LogP contribution in [0.25, 0.3) is 0 Å². The molecule has 0 heterocycles. The topological polar surface area (TPSA) is 21.3 Å². The fourth-order valence-electron chi connectivity index (χ4n) is 2.83. The summed E-state index contributed by atoms with van der Waals surface area (Å²) in [6.07, 6.45) is 5.27. The molecular weight excluding hydrogens is 290 g/mol. The number of benzene rings is 1. The van der Waals surface area contributed by atoms with E-state index in [-0.39, 0.29) is 0 Å². The maximum Gasteiger partial charge on any atom is 0.0772 e. The van der Waals surface area contributed by atoms with Crippen LogP contribution in [0.2, 0.25) is 0 Å². The van der Waals surface area contributed by atoms with Crippen LogP contribution < -0.4 is 5.32 Å². The Morgan fingerprint density at radius 3 is 2.61 bits per heavy atom. The minimum absolute atomic E-state index is 0.339. The van der Waals surface area contributed by atoms with Crippen LogP contribution >= 0.6 is 15.9 Å². The van der Waals surface area contributed by atoms with Crippen LogP contribution in [0.15, 0.2) is 16.6 Å². The van der Waals surface area contributed by atoms with E-state index in [1.165, 1.54) is 36.1 Å². The molecule has 0 aromatic heterocycles. The van der Waals surface area contributed by atoms with Crippen molar-refractivity contribution < 1.29 is 4.74 Å². The van der Waals surface area contributed by atoms with Crippen LogP contribution in [0, 0.1) is 13.8 Å². The van der Waals surface area contributed by atoms with Gasteiger partial charge >= 0.3 is 0 Å². The monoisotopic (exact) mass is 311 g/mol. The molecule has 0 spiro atoms. The molecule has 1 fully saturated rings. The minimum Gasteiger partial charge on any atom is -0.379 e. The summed E-state index contributed by atoms with van der Waals surface area (Å²) in [5, 5.41) is 3.67. The molecule has 1 aliphatic carbocycles. The summed E-state index contributed by atoms with van der Waals surface area (Å²) >= 11 is 3.66. The SMILES string of the molecule is COC1CCCCC1Nc1c(C)cc(C)cc1Br. The predicted molar refractivity (Wildman–Crippen MR) is 80.3 cm³/mol. The predicted octanol–water partition coefficient (Wildman–Crippen LogP) is 4.44. The van der Waals surface area contributed by atoms with Gasteiger partial charge in [-0.3, -0.25) is 0 Å². The molecule has 0 amide bonds. The number of rotatable bonds is 3. The number of nitrogens with one attached hydrogen (secondary N) is 1. The molecule has 100 valence electrons. The summed E-state index contributed by atoms with van der Waals surface area (Å²) in [5.41, 5.74) is 3.80. The first-order valence-corrected chi connectivity index (χ1v) is 7.47. The zero-order chi connectivity index (χ0) is 13.1. The standard InChI is InChI=1S/C15H22BrNO/c1-10-8-11(2)15(12(16)9-10)17-13-6-4-5-7-14(13)18-3/h8-9,13-14,17H,4-7H2,1-3H3. The van der Waals surface area contributed by atoms with Gasteiger partial charge in [0.2, 0.25) is 0 Å². The zero-order valence-corrected chi connectivity index (χ0v) is 13.0. The lowest BCUT2D eigenvalue weighted by Gasteiger charge is -2.32. The van der Waals surface area contributed by atoms with Gasteiger partial charge in [-0.25, -0.2) is 0 Å². The Bertz CT molecular complexity index is 396. The molecule has 1 saturated carbocycles. The summed E-state index contributed by atoms with van der Waals surface area (Å²) in [6, 6.07) is 4.82. The molecule has 1 N–H and O–H groups in total. The molecule has 0 radical (unpaired) electrons. The molecule has 18 heavy (non-hydrogen) atoms. The van der Waals surface area contributed by atoms with Gasteiger partial charge < -0.3 is 10.1 Å². The maximum absolute atomic E-state index is 5.60. The molecule has 0 bridgehead atoms. The van der Waals surface area contributed by atoms with Crippen LogP contribution in [0.4, 0.5) is 5.69 Å². The number of halogens is 1. The van der Waals surface area contributed by atoms with Gasteiger partial charge in [-0.2, -0.15) is 0 Å². The lowest BCUT2D eigenvalue weighted by Crippen LogP contribution is -2.38. The van der Waals surface area contributed by atoms with E-state index in [1.807, 2.05) is 7.11 Å². The largest absolute Gasteiger partial charge is 0.379 e. The first kappa shape index (κ1) is 13.9. The first-order valence-electron chi connectivity index (χ1n) is 6.68. The normalized spacial score (nSPS) is 24.0. The molecule has 0 saturated heterocycles. The van der Waals surface area contributed by atoms with Gasteiger partial charge in [-0.1, -0.05) is 18.9 Å². The Hall–Kier alpha value is -0.540. The van der Waals surface area contributed by atoms with E-state index >= 15 is 0 Å². The summed E-state index contributed by atoms with van der Waals surface area (Å²) in [6.45, 7) is 4.28. The Balaban J connectivity index is 2.17. The summed E-state index contributed by atoms with van der Waals surface area (Å²) < 4.78 is 6.75. The van der Waals surface area contributed by atoms with Crippen molar-refractivity contribution in [1.82, 2.24) is 0 Å². The number of aryl methyl sites for hydroxylation is 2. The van der Waals surface area contributed by atoms with Crippen molar-refractivity contribution in [1.29, 1.82) is 0 Å². The van der Waals surface area contributed by atoms with Crippen molar-refractivity contribution in [3.63, 3.8) is 0 Å². The second-order valence-electron chi connectivity index (χ2n) is 5.25. The highest BCUT2D eigenvalue weighted by atomic mass is 79.9. The third-order valence-electron chi connectivity index (χ3n) is 3.77. The van der Waals surface area contributed by atoms with E-state index in [9.17, 15) is 0 Å². The number of anilines is 1. The Kier molecular flexibility index (Phi) is 4.68. The van der Waals surface area contributed by atoms with Crippen molar-refractivity contribution in [3.05, 3.63) is 27.7 Å². The molecule has 1 aromatic rings. The highest BCUT2D eigenvalue weighted by Gasteiger charge is 2.25. The van der Waals surface area contributed by atoms with Crippen molar-refractivity contribution in [3.8, 4) is 0 Å². The van der Waals surface area contributed by atoms with Gasteiger partial charge in [-0.15, -0.1) is 0 Å². The van der Waals surface area contributed by atoms with Crippen LogP contribution in [-0.2, 0) is 4.74 Å². The lowest BCUT2D eigenvalue weighted by atomic mass is 9.92. The molecular formula is C15H22BrNO. The number of ether oxygens (including phenoxy) is 1. The van der Waals surface area contributed by atoms with E-state index < -0.39 is 0 Å². The molecule has 1 aromatic carbocycles. The number of methoxy groups -OCH3 is 1. The van der Waals surface area contributed by atoms with Gasteiger partial charge in [0.15, 0.2) is 0 Å². The van der Waals surface area contributed by atoms with E-state index in [1.54, 1.807) is 0 Å². The average molecular weight is 312 g/mol. The van der Waals surface area contributed by atoms with Crippen molar-refractivity contribution in [2.24, 2.45) is 0 Å². The van der Waals surface area contributed by atoms with Crippen molar-refractivity contribution >= 4 is 21.6 Å². The van der Waals surface area contributed by atoms with E-state index in [4.69, 9.17) is 4.74 Å². The number of hydrogen-bond donors (Lipinski definition) is 1. The van der Waals surface area contributed by atoms with Crippen molar-refractivity contribution in [2.75, 3.05) is 12.4 Å². The quantitative estimate of drug-likeness (QED) is 0.891. The smallest absolute Gasteiger partial charge is 0.0772 e.